The van der Waals surface area contributed by atoms with Gasteiger partial charge in [-0.1, -0.05) is 136 Å². The largest absolute Gasteiger partial charge is 0.355 e. The van der Waals surface area contributed by atoms with Crippen LogP contribution in [-0.4, -0.2) is 72.5 Å². The van der Waals surface area contributed by atoms with Crippen molar-refractivity contribution in [3.8, 4) is 0 Å². The van der Waals surface area contributed by atoms with Gasteiger partial charge in [-0.3, -0.25) is 0 Å². The molecule has 0 radical (unpaired) electrons. The van der Waals surface area contributed by atoms with Crippen LogP contribution < -0.4 is 0 Å². The van der Waals surface area contributed by atoms with Crippen LogP contribution >= 0.6 is 45.1 Å². The lowest BCUT2D eigenvalue weighted by Crippen LogP contribution is -2.19. The lowest BCUT2D eigenvalue weighted by atomic mass is 10.1. The summed E-state index contributed by atoms with van der Waals surface area (Å²) < 4.78 is 23.0. The molecule has 0 saturated heterocycles. The zero-order valence-corrected chi connectivity index (χ0v) is 32.7. The first-order valence-electron chi connectivity index (χ1n) is 16.0. The average molecular weight is 721 g/mol. The molecule has 0 spiro atoms. The second-order valence-electron chi connectivity index (χ2n) is 11.5. The fourth-order valence-corrected chi connectivity index (χ4v) is 7.66. The molecule has 0 bridgehead atoms. The molecule has 0 saturated carbocycles. The van der Waals surface area contributed by atoms with Gasteiger partial charge in [0.25, 0.3) is 0 Å². The van der Waals surface area contributed by atoms with Gasteiger partial charge >= 0.3 is 0 Å². The Kier molecular flexibility index (Phi) is 28.7. The lowest BCUT2D eigenvalue weighted by Gasteiger charge is -2.24. The van der Waals surface area contributed by atoms with Gasteiger partial charge in [0.1, 0.15) is 13.6 Å². The number of hydrogen-bond acceptors (Lipinski definition) is 8. The third-order valence-corrected chi connectivity index (χ3v) is 12.4. The predicted molar refractivity (Wildman–Crippen MR) is 219 cm³/mol. The van der Waals surface area contributed by atoms with Crippen LogP contribution in [0.25, 0.3) is 0 Å². The summed E-state index contributed by atoms with van der Waals surface area (Å²) in [6.07, 6.45) is 22.0. The molecule has 0 rings (SSSR count). The van der Waals surface area contributed by atoms with E-state index in [4.69, 9.17) is 18.9 Å². The molecule has 0 heterocycles. The van der Waals surface area contributed by atoms with Crippen LogP contribution in [0.4, 0.5) is 0 Å². The van der Waals surface area contributed by atoms with Gasteiger partial charge in [0.15, 0.2) is 0 Å². The van der Waals surface area contributed by atoms with Gasteiger partial charge in [-0.25, -0.2) is 0 Å². The second-order valence-corrected chi connectivity index (χ2v) is 17.4. The van der Waals surface area contributed by atoms with Gasteiger partial charge in [-0.2, -0.15) is 23.5 Å². The summed E-state index contributed by atoms with van der Waals surface area (Å²) in [6, 6.07) is 0. The third-order valence-electron chi connectivity index (χ3n) is 6.55. The maximum Gasteiger partial charge on any atom is 0.146 e. The molecule has 0 N–H and O–H groups in total. The highest BCUT2D eigenvalue weighted by molar-refractivity contribution is 8.77. The summed E-state index contributed by atoms with van der Waals surface area (Å²) in [5.74, 6) is 3.75. The maximum atomic E-state index is 5.75. The van der Waals surface area contributed by atoms with E-state index in [0.717, 1.165) is 53.4 Å². The molecular formula is C39H60O4S4. The monoisotopic (exact) mass is 720 g/mol. The molecule has 0 aliphatic heterocycles. The molecule has 0 amide bonds. The lowest BCUT2D eigenvalue weighted by molar-refractivity contribution is -0.0549. The Balaban J connectivity index is 3.86. The van der Waals surface area contributed by atoms with Crippen molar-refractivity contribution in [2.45, 2.75) is 56.5 Å². The van der Waals surface area contributed by atoms with Gasteiger partial charge in [-0.15, -0.1) is 0 Å². The van der Waals surface area contributed by atoms with E-state index in [9.17, 15) is 0 Å². The van der Waals surface area contributed by atoms with E-state index < -0.39 is 0 Å². The molecule has 8 heteroatoms. The molecule has 0 fully saturated rings. The van der Waals surface area contributed by atoms with Gasteiger partial charge in [-0.05, 0) is 61.2 Å². The highest BCUT2D eigenvalue weighted by Crippen LogP contribution is 2.37. The molecule has 0 aromatic carbocycles. The Labute approximate surface area is 304 Å². The molecule has 0 aromatic heterocycles. The summed E-state index contributed by atoms with van der Waals surface area (Å²) in [5.41, 5.74) is 4.36. The van der Waals surface area contributed by atoms with E-state index in [1.165, 1.54) is 11.1 Å². The van der Waals surface area contributed by atoms with Crippen LogP contribution in [0.5, 0.6) is 0 Å². The minimum Gasteiger partial charge on any atom is -0.355 e. The van der Waals surface area contributed by atoms with Crippen molar-refractivity contribution in [1.82, 2.24) is 0 Å². The van der Waals surface area contributed by atoms with Gasteiger partial charge < -0.3 is 18.9 Å². The summed E-state index contributed by atoms with van der Waals surface area (Å²) in [5, 5.41) is 0. The van der Waals surface area contributed by atoms with Gasteiger partial charge in [0.2, 0.25) is 0 Å². The molecule has 264 valence electrons. The Hall–Kier alpha value is -1.36. The van der Waals surface area contributed by atoms with Crippen LogP contribution in [0.3, 0.4) is 0 Å². The SMILES string of the molecule is C=CC(C=C)=C/C=C(\C=C)CSCCCOCOCCC(C)(C)SSCCOCOCCC(C)(C)SC/C(C=C)=C/C=C(C=C)C=C. The highest BCUT2D eigenvalue weighted by Gasteiger charge is 2.19. The molecule has 0 unspecified atom stereocenters. The zero-order valence-electron chi connectivity index (χ0n) is 29.5. The van der Waals surface area contributed by atoms with Crippen molar-refractivity contribution in [3.63, 3.8) is 0 Å². The average Bonchev–Trinajstić information content (AvgIpc) is 3.05. The minimum absolute atomic E-state index is 0.0902. The van der Waals surface area contributed by atoms with Crippen LogP contribution in [0.1, 0.15) is 47.0 Å². The van der Waals surface area contributed by atoms with E-state index >= 15 is 0 Å². The van der Waals surface area contributed by atoms with Crippen molar-refractivity contribution >= 4 is 45.1 Å². The number of allylic oxidation sites excluding steroid dienone is 12. The molecule has 0 aromatic rings. The predicted octanol–water partition coefficient (Wildman–Crippen LogP) is 11.4. The molecule has 0 aliphatic rings. The number of thioether (sulfide) groups is 2. The normalized spacial score (nSPS) is 12.3. The minimum atomic E-state index is 0.0902. The van der Waals surface area contributed by atoms with E-state index in [-0.39, 0.29) is 9.49 Å². The van der Waals surface area contributed by atoms with Crippen molar-refractivity contribution in [1.29, 1.82) is 0 Å². The Morgan fingerprint density at radius 2 is 1.04 bits per heavy atom. The molecule has 47 heavy (non-hydrogen) atoms. The third kappa shape index (κ3) is 27.2. The smallest absolute Gasteiger partial charge is 0.146 e. The van der Waals surface area contributed by atoms with Gasteiger partial charge in [0, 0.05) is 26.8 Å². The van der Waals surface area contributed by atoms with Crippen LogP contribution in [0.15, 0.2) is 123 Å². The quantitative estimate of drug-likeness (QED) is 0.0294. The Morgan fingerprint density at radius 1 is 0.553 bits per heavy atom. The zero-order chi connectivity index (χ0) is 35.2. The number of hydrogen-bond donors (Lipinski definition) is 0. The Morgan fingerprint density at radius 3 is 1.57 bits per heavy atom. The maximum absolute atomic E-state index is 5.75. The first-order valence-corrected chi connectivity index (χ1v) is 20.4. The fraction of sp³-hybridized carbons (Fsp3) is 0.487. The van der Waals surface area contributed by atoms with E-state index in [2.05, 4.69) is 79.3 Å². The van der Waals surface area contributed by atoms with Gasteiger partial charge in [0.05, 0.1) is 26.4 Å². The number of ether oxygens (including phenoxy) is 4. The topological polar surface area (TPSA) is 36.9 Å². The molecule has 0 aliphatic carbocycles. The van der Waals surface area contributed by atoms with Crippen LogP contribution in [0.2, 0.25) is 0 Å². The summed E-state index contributed by atoms with van der Waals surface area (Å²) in [7, 11) is 3.71. The molecule has 0 atom stereocenters. The van der Waals surface area contributed by atoms with E-state index in [1.807, 2.05) is 69.4 Å². The van der Waals surface area contributed by atoms with Crippen LogP contribution in [-0.2, 0) is 18.9 Å². The van der Waals surface area contributed by atoms with E-state index in [0.29, 0.717) is 40.0 Å². The van der Waals surface area contributed by atoms with Crippen molar-refractivity contribution in [2.75, 3.05) is 63.0 Å². The summed E-state index contributed by atoms with van der Waals surface area (Å²) >= 11 is 3.77. The fourth-order valence-electron chi connectivity index (χ4n) is 3.32. The van der Waals surface area contributed by atoms with Crippen molar-refractivity contribution in [2.24, 2.45) is 0 Å². The van der Waals surface area contributed by atoms with Crippen molar-refractivity contribution in [3.05, 3.63) is 123 Å². The first-order chi connectivity index (χ1) is 22.6. The number of rotatable bonds is 32. The second kappa shape index (κ2) is 29.5. The molecule has 4 nitrogen and oxygen atoms in total. The Bertz CT molecular complexity index is 1030. The standard InChI is InChI=1S/C39H60O4S4/c1-11-34(12-2)18-20-36(15-5)30-44-28-17-24-40-32-42-26-23-39(9,10)47-46-29-27-43-33-41-25-22-38(7,8)45-31-37(16-6)21-19-35(13-3)14-4/h11-16,18-21H,1-6,17,22-33H2,7-10H3/b36-20+,37-21+. The van der Waals surface area contributed by atoms with E-state index in [1.54, 1.807) is 24.3 Å². The van der Waals surface area contributed by atoms with Crippen molar-refractivity contribution < 1.29 is 18.9 Å². The van der Waals surface area contributed by atoms with Crippen LogP contribution in [0, 0.1) is 0 Å². The molecular weight excluding hydrogens is 661 g/mol. The summed E-state index contributed by atoms with van der Waals surface area (Å²) in [4.78, 5) is 0. The first kappa shape index (κ1) is 45.6. The summed E-state index contributed by atoms with van der Waals surface area (Å²) in [6.45, 7) is 35.4. The highest BCUT2D eigenvalue weighted by atomic mass is 33.1.